The number of ether oxygens (including phenoxy) is 2. The molecule has 37 heavy (non-hydrogen) atoms. The van der Waals surface area contributed by atoms with Gasteiger partial charge in [0.15, 0.2) is 5.65 Å². The SMILES string of the molecule is COc1cc(-c2cc(C#N)c3nc(C)cn3c2)cc2ncn(C3CCN(C(=O)OC(C)(C)C)C3)c(=O)c12. The van der Waals surface area contributed by atoms with Crippen molar-refractivity contribution in [2.24, 2.45) is 0 Å². The Kier molecular flexibility index (Phi) is 5.86. The molecule has 10 nitrogen and oxygen atoms in total. The van der Waals surface area contributed by atoms with E-state index in [0.717, 1.165) is 16.8 Å². The van der Waals surface area contributed by atoms with Gasteiger partial charge in [0.05, 0.1) is 36.3 Å². The number of nitrogens with zero attached hydrogens (tertiary/aromatic N) is 6. The Hall–Kier alpha value is -4.39. The van der Waals surface area contributed by atoms with Gasteiger partial charge in [-0.05, 0) is 63.4 Å². The first-order valence-corrected chi connectivity index (χ1v) is 12.0. The molecule has 1 aliphatic rings. The van der Waals surface area contributed by atoms with Crippen molar-refractivity contribution in [3.05, 3.63) is 58.5 Å². The first kappa shape index (κ1) is 24.3. The maximum Gasteiger partial charge on any atom is 0.410 e. The van der Waals surface area contributed by atoms with Crippen LogP contribution in [0.25, 0.3) is 27.7 Å². The van der Waals surface area contributed by atoms with Crippen molar-refractivity contribution >= 4 is 22.6 Å². The summed E-state index contributed by atoms with van der Waals surface area (Å²) >= 11 is 0. The highest BCUT2D eigenvalue weighted by atomic mass is 16.6. The predicted octanol–water partition coefficient (Wildman–Crippen LogP) is 4.08. The molecule has 1 atom stereocenters. The van der Waals surface area contributed by atoms with Crippen LogP contribution in [0.3, 0.4) is 0 Å². The molecular weight excluding hydrogens is 472 g/mol. The van der Waals surface area contributed by atoms with E-state index in [9.17, 15) is 14.9 Å². The Labute approximate surface area is 213 Å². The van der Waals surface area contributed by atoms with E-state index in [2.05, 4.69) is 16.0 Å². The number of fused-ring (bicyclic) bond motifs is 2. The Morgan fingerprint density at radius 1 is 1.19 bits per heavy atom. The smallest absolute Gasteiger partial charge is 0.410 e. The number of imidazole rings is 1. The van der Waals surface area contributed by atoms with Gasteiger partial charge in [-0.2, -0.15) is 5.26 Å². The van der Waals surface area contributed by atoms with Gasteiger partial charge in [-0.3, -0.25) is 9.36 Å². The number of hydrogen-bond acceptors (Lipinski definition) is 7. The number of amides is 1. The summed E-state index contributed by atoms with van der Waals surface area (Å²) in [6, 6.07) is 7.36. The summed E-state index contributed by atoms with van der Waals surface area (Å²) in [5.41, 5.74) is 3.05. The summed E-state index contributed by atoms with van der Waals surface area (Å²) in [4.78, 5) is 36.7. The first-order chi connectivity index (χ1) is 17.6. The zero-order valence-electron chi connectivity index (χ0n) is 21.5. The van der Waals surface area contributed by atoms with E-state index in [0.29, 0.717) is 47.4 Å². The van der Waals surface area contributed by atoms with E-state index in [4.69, 9.17) is 9.47 Å². The molecule has 0 radical (unpaired) electrons. The van der Waals surface area contributed by atoms with Crippen molar-refractivity contribution in [3.8, 4) is 22.9 Å². The third kappa shape index (κ3) is 4.48. The fourth-order valence-corrected chi connectivity index (χ4v) is 4.73. The second-order valence-corrected chi connectivity index (χ2v) is 10.3. The standard InChI is InChI=1S/C27H28N6O4/c1-16-12-32-13-19(8-18(11-28)24(32)30-16)17-9-21-23(22(10-17)36-5)25(34)33(15-29-21)20-6-7-31(14-20)26(35)37-27(2,3)4/h8-10,12-13,15,20H,6-7,14H2,1-5H3. The van der Waals surface area contributed by atoms with E-state index < -0.39 is 5.60 Å². The topological polar surface area (TPSA) is 115 Å². The quantitative estimate of drug-likeness (QED) is 0.416. The van der Waals surface area contributed by atoms with Gasteiger partial charge in [0.1, 0.15) is 22.8 Å². The van der Waals surface area contributed by atoms with Crippen LogP contribution >= 0.6 is 0 Å². The zero-order valence-corrected chi connectivity index (χ0v) is 21.5. The highest BCUT2D eigenvalue weighted by Gasteiger charge is 2.31. The summed E-state index contributed by atoms with van der Waals surface area (Å²) in [7, 11) is 1.51. The molecule has 190 valence electrons. The Balaban J connectivity index is 1.53. The molecule has 3 aromatic heterocycles. The minimum atomic E-state index is -0.586. The molecule has 1 aliphatic heterocycles. The molecule has 1 aromatic carbocycles. The van der Waals surface area contributed by atoms with Crippen molar-refractivity contribution in [3.63, 3.8) is 0 Å². The number of methoxy groups -OCH3 is 1. The van der Waals surface area contributed by atoms with Crippen molar-refractivity contribution in [2.75, 3.05) is 20.2 Å². The molecule has 10 heteroatoms. The van der Waals surface area contributed by atoms with E-state index in [1.165, 1.54) is 13.4 Å². The average Bonchev–Trinajstić information content (AvgIpc) is 3.48. The molecule has 4 heterocycles. The molecule has 4 aromatic rings. The molecule has 0 bridgehead atoms. The molecule has 0 N–H and O–H groups in total. The number of rotatable bonds is 3. The molecule has 1 saturated heterocycles. The van der Waals surface area contributed by atoms with Crippen molar-refractivity contribution < 1.29 is 14.3 Å². The highest BCUT2D eigenvalue weighted by molar-refractivity contribution is 5.89. The average molecular weight is 501 g/mol. The number of aryl methyl sites for hydroxylation is 1. The maximum absolute atomic E-state index is 13.6. The fourth-order valence-electron chi connectivity index (χ4n) is 4.73. The number of hydrogen-bond donors (Lipinski definition) is 0. The minimum absolute atomic E-state index is 0.216. The molecule has 0 saturated carbocycles. The van der Waals surface area contributed by atoms with E-state index in [1.807, 2.05) is 50.6 Å². The van der Waals surface area contributed by atoms with Gasteiger partial charge in [0.2, 0.25) is 0 Å². The van der Waals surface area contributed by atoms with Gasteiger partial charge in [0, 0.05) is 25.5 Å². The van der Waals surface area contributed by atoms with Crippen LogP contribution in [-0.2, 0) is 4.74 Å². The summed E-state index contributed by atoms with van der Waals surface area (Å²) < 4.78 is 14.5. The number of aromatic nitrogens is 4. The lowest BCUT2D eigenvalue weighted by Gasteiger charge is -2.24. The van der Waals surface area contributed by atoms with Crippen LogP contribution in [0.2, 0.25) is 0 Å². The summed E-state index contributed by atoms with van der Waals surface area (Å²) in [5, 5.41) is 10.0. The largest absolute Gasteiger partial charge is 0.496 e. The van der Waals surface area contributed by atoms with Gasteiger partial charge in [-0.25, -0.2) is 14.8 Å². The van der Waals surface area contributed by atoms with E-state index >= 15 is 0 Å². The van der Waals surface area contributed by atoms with Crippen LogP contribution in [0.1, 0.15) is 44.5 Å². The first-order valence-electron chi connectivity index (χ1n) is 12.0. The molecule has 1 unspecified atom stereocenters. The number of carbonyl (C=O) groups is 1. The summed E-state index contributed by atoms with van der Waals surface area (Å²) in [5.74, 6) is 0.391. The van der Waals surface area contributed by atoms with Gasteiger partial charge in [-0.15, -0.1) is 0 Å². The summed E-state index contributed by atoms with van der Waals surface area (Å²) in [6.07, 6.45) is 5.51. The number of benzene rings is 1. The normalized spacial score (nSPS) is 15.8. The van der Waals surface area contributed by atoms with Crippen LogP contribution in [-0.4, -0.2) is 55.7 Å². The monoisotopic (exact) mass is 500 g/mol. The lowest BCUT2D eigenvalue weighted by molar-refractivity contribution is 0.0289. The van der Waals surface area contributed by atoms with Crippen LogP contribution in [0, 0.1) is 18.3 Å². The maximum atomic E-state index is 13.6. The van der Waals surface area contributed by atoms with Gasteiger partial charge >= 0.3 is 6.09 Å². The van der Waals surface area contributed by atoms with Crippen LogP contribution in [0.15, 0.2) is 41.7 Å². The van der Waals surface area contributed by atoms with Crippen molar-refractivity contribution in [1.82, 2.24) is 23.8 Å². The third-order valence-electron chi connectivity index (χ3n) is 6.40. The predicted molar refractivity (Wildman–Crippen MR) is 138 cm³/mol. The number of carbonyl (C=O) groups excluding carboxylic acids is 1. The molecule has 5 rings (SSSR count). The molecular formula is C27H28N6O4. The lowest BCUT2D eigenvalue weighted by Crippen LogP contribution is -2.36. The van der Waals surface area contributed by atoms with Crippen LogP contribution in [0.4, 0.5) is 4.79 Å². The number of likely N-dealkylation sites (tertiary alicyclic amines) is 1. The van der Waals surface area contributed by atoms with Gasteiger partial charge < -0.3 is 18.8 Å². The Morgan fingerprint density at radius 2 is 1.97 bits per heavy atom. The molecule has 0 spiro atoms. The minimum Gasteiger partial charge on any atom is -0.496 e. The Bertz CT molecular complexity index is 1640. The van der Waals surface area contributed by atoms with Gasteiger partial charge in [0.25, 0.3) is 5.56 Å². The highest BCUT2D eigenvalue weighted by Crippen LogP contribution is 2.32. The zero-order chi connectivity index (χ0) is 26.5. The molecule has 1 amide bonds. The van der Waals surface area contributed by atoms with Crippen LogP contribution < -0.4 is 10.3 Å². The lowest BCUT2D eigenvalue weighted by atomic mass is 10.0. The number of nitriles is 1. The van der Waals surface area contributed by atoms with E-state index in [1.54, 1.807) is 21.6 Å². The molecule has 1 fully saturated rings. The Morgan fingerprint density at radius 3 is 2.68 bits per heavy atom. The van der Waals surface area contributed by atoms with Crippen molar-refractivity contribution in [2.45, 2.75) is 45.8 Å². The fraction of sp³-hybridized carbons (Fsp3) is 0.370. The number of pyridine rings is 1. The van der Waals surface area contributed by atoms with Crippen LogP contribution in [0.5, 0.6) is 5.75 Å². The van der Waals surface area contributed by atoms with Crippen molar-refractivity contribution in [1.29, 1.82) is 5.26 Å². The van der Waals surface area contributed by atoms with Gasteiger partial charge in [-0.1, -0.05) is 0 Å². The third-order valence-corrected chi connectivity index (χ3v) is 6.40. The van der Waals surface area contributed by atoms with E-state index in [-0.39, 0.29) is 17.7 Å². The molecule has 0 aliphatic carbocycles. The second-order valence-electron chi connectivity index (χ2n) is 10.3. The summed E-state index contributed by atoms with van der Waals surface area (Å²) in [6.45, 7) is 8.21. The second kappa shape index (κ2) is 8.92.